The third kappa shape index (κ3) is 3.64. The summed E-state index contributed by atoms with van der Waals surface area (Å²) < 4.78 is 16.4. The molecule has 3 aromatic rings. The summed E-state index contributed by atoms with van der Waals surface area (Å²) in [5, 5.41) is 79.6. The molecular formula is C21H20O12. The van der Waals surface area contributed by atoms with Crippen molar-refractivity contribution in [2.75, 3.05) is 0 Å². The Morgan fingerprint density at radius 3 is 2.21 bits per heavy atom. The maximum absolute atomic E-state index is 12.8. The molecule has 12 nitrogen and oxygen atoms in total. The lowest BCUT2D eigenvalue weighted by Crippen LogP contribution is -2.58. The minimum absolute atomic E-state index is 0.0447. The second-order valence-electron chi connectivity index (χ2n) is 7.56. The standard InChI is InChI=1S/C21H20O12/c1-6-13(26)15(28)17(30)21(31-6)33-19-11(25)5-10(24)12-14(27)16(29)18(32-20(12)19)7-2-3-8(22)9(23)4-7/h2-6,13,15,17,21-26,28-30H,1H3/t6-,13-,15+,17-,21-/m0/s1. The first-order chi connectivity index (χ1) is 15.5. The van der Waals surface area contributed by atoms with Crippen molar-refractivity contribution in [3.05, 3.63) is 34.5 Å². The van der Waals surface area contributed by atoms with Crippen LogP contribution in [0.2, 0.25) is 0 Å². The van der Waals surface area contributed by atoms with Gasteiger partial charge in [-0.25, -0.2) is 0 Å². The van der Waals surface area contributed by atoms with E-state index < -0.39 is 87.4 Å². The van der Waals surface area contributed by atoms with Crippen molar-refractivity contribution in [3.63, 3.8) is 0 Å². The zero-order valence-electron chi connectivity index (χ0n) is 16.9. The zero-order chi connectivity index (χ0) is 24.2. The van der Waals surface area contributed by atoms with E-state index in [0.717, 1.165) is 18.2 Å². The Kier molecular flexibility index (Phi) is 5.46. The molecule has 2 aromatic carbocycles. The Labute approximate surface area is 184 Å². The summed E-state index contributed by atoms with van der Waals surface area (Å²) in [5.74, 6) is -4.56. The SMILES string of the molecule is C[C@@H]1O[C@@H](Oc2c(O)cc(O)c3c(=O)c(O)c(-c4ccc(O)c(O)c4)oc23)[C@@H](O)[C@H](O)[C@H]1O. The highest BCUT2D eigenvalue weighted by molar-refractivity contribution is 5.93. The van der Waals surface area contributed by atoms with Crippen LogP contribution in [-0.4, -0.2) is 71.6 Å². The fourth-order valence-electron chi connectivity index (χ4n) is 3.50. The van der Waals surface area contributed by atoms with E-state index in [9.17, 15) is 45.6 Å². The summed E-state index contributed by atoms with van der Waals surface area (Å²) >= 11 is 0. The van der Waals surface area contributed by atoms with Crippen LogP contribution in [-0.2, 0) is 4.74 Å². The number of aliphatic hydroxyl groups excluding tert-OH is 3. The van der Waals surface area contributed by atoms with E-state index in [1.165, 1.54) is 13.0 Å². The maximum atomic E-state index is 12.8. The maximum Gasteiger partial charge on any atom is 0.238 e. The first-order valence-electron chi connectivity index (χ1n) is 9.64. The van der Waals surface area contributed by atoms with Crippen molar-refractivity contribution in [2.24, 2.45) is 0 Å². The summed E-state index contributed by atoms with van der Waals surface area (Å²) in [6.45, 7) is 1.40. The number of rotatable bonds is 3. The van der Waals surface area contributed by atoms with E-state index in [1.54, 1.807) is 0 Å². The highest BCUT2D eigenvalue weighted by atomic mass is 16.7. The largest absolute Gasteiger partial charge is 0.507 e. The van der Waals surface area contributed by atoms with Gasteiger partial charge >= 0.3 is 0 Å². The van der Waals surface area contributed by atoms with Crippen molar-refractivity contribution in [3.8, 4) is 45.8 Å². The van der Waals surface area contributed by atoms with Crippen LogP contribution in [0.4, 0.5) is 0 Å². The van der Waals surface area contributed by atoms with Crippen LogP contribution in [0, 0.1) is 0 Å². The van der Waals surface area contributed by atoms with Crippen molar-refractivity contribution in [1.29, 1.82) is 0 Å². The average Bonchev–Trinajstić information content (AvgIpc) is 2.76. The van der Waals surface area contributed by atoms with Gasteiger partial charge in [0.2, 0.25) is 23.2 Å². The molecule has 2 heterocycles. The van der Waals surface area contributed by atoms with Gasteiger partial charge < -0.3 is 54.7 Å². The van der Waals surface area contributed by atoms with Crippen molar-refractivity contribution < 1.29 is 54.7 Å². The number of fused-ring (bicyclic) bond motifs is 1. The summed E-state index contributed by atoms with van der Waals surface area (Å²) in [6.07, 6.45) is -7.45. The number of phenolic OH excluding ortho intramolecular Hbond substituents is 4. The molecule has 1 aliphatic rings. The van der Waals surface area contributed by atoms with Crippen LogP contribution in [0.25, 0.3) is 22.3 Å². The van der Waals surface area contributed by atoms with E-state index in [1.807, 2.05) is 0 Å². The molecule has 33 heavy (non-hydrogen) atoms. The van der Waals surface area contributed by atoms with Gasteiger partial charge in [0.05, 0.1) is 6.10 Å². The predicted molar refractivity (Wildman–Crippen MR) is 109 cm³/mol. The Bertz CT molecular complexity index is 1280. The zero-order valence-corrected chi connectivity index (χ0v) is 16.9. The molecule has 0 unspecified atom stereocenters. The molecule has 1 saturated heterocycles. The van der Waals surface area contributed by atoms with Gasteiger partial charge in [0.1, 0.15) is 29.4 Å². The van der Waals surface area contributed by atoms with Crippen molar-refractivity contribution in [1.82, 2.24) is 0 Å². The van der Waals surface area contributed by atoms with Crippen molar-refractivity contribution >= 4 is 11.0 Å². The monoisotopic (exact) mass is 464 g/mol. The molecule has 5 atom stereocenters. The minimum atomic E-state index is -1.77. The van der Waals surface area contributed by atoms with Gasteiger partial charge in [0, 0.05) is 11.6 Å². The summed E-state index contributed by atoms with van der Waals surface area (Å²) in [5.41, 5.74) is -1.71. The molecule has 1 aliphatic heterocycles. The summed E-state index contributed by atoms with van der Waals surface area (Å²) in [7, 11) is 0. The van der Waals surface area contributed by atoms with Crippen molar-refractivity contribution in [2.45, 2.75) is 37.6 Å². The van der Waals surface area contributed by atoms with E-state index >= 15 is 0 Å². The van der Waals surface area contributed by atoms with Gasteiger partial charge in [-0.1, -0.05) is 0 Å². The average molecular weight is 464 g/mol. The number of aliphatic hydroxyl groups is 3. The molecular weight excluding hydrogens is 444 g/mol. The number of benzene rings is 2. The summed E-state index contributed by atoms with van der Waals surface area (Å²) in [6, 6.07) is 4.03. The van der Waals surface area contributed by atoms with Crippen LogP contribution in [0.3, 0.4) is 0 Å². The van der Waals surface area contributed by atoms with Crippen LogP contribution < -0.4 is 10.2 Å². The first kappa shape index (κ1) is 22.5. The molecule has 0 bridgehead atoms. The van der Waals surface area contributed by atoms with Gasteiger partial charge in [0.25, 0.3) is 0 Å². The Morgan fingerprint density at radius 2 is 1.55 bits per heavy atom. The lowest BCUT2D eigenvalue weighted by atomic mass is 10.00. The normalized spacial score (nSPS) is 25.3. The van der Waals surface area contributed by atoms with E-state index in [2.05, 4.69) is 0 Å². The van der Waals surface area contributed by atoms with Crippen LogP contribution in [0.1, 0.15) is 6.92 Å². The lowest BCUT2D eigenvalue weighted by molar-refractivity contribution is -0.268. The Morgan fingerprint density at radius 1 is 0.848 bits per heavy atom. The number of phenols is 4. The summed E-state index contributed by atoms with van der Waals surface area (Å²) in [4.78, 5) is 12.8. The molecule has 8 N–H and O–H groups in total. The van der Waals surface area contributed by atoms with Crippen LogP contribution >= 0.6 is 0 Å². The Hall–Kier alpha value is -3.71. The fraction of sp³-hybridized carbons (Fsp3) is 0.286. The number of hydrogen-bond acceptors (Lipinski definition) is 12. The number of hydrogen-bond donors (Lipinski definition) is 8. The van der Waals surface area contributed by atoms with Gasteiger partial charge in [0.15, 0.2) is 28.6 Å². The lowest BCUT2D eigenvalue weighted by Gasteiger charge is -2.38. The van der Waals surface area contributed by atoms with Gasteiger partial charge in [-0.3, -0.25) is 4.79 Å². The highest BCUT2D eigenvalue weighted by Crippen LogP contribution is 2.44. The first-order valence-corrected chi connectivity index (χ1v) is 9.64. The van der Waals surface area contributed by atoms with E-state index in [4.69, 9.17) is 13.9 Å². The minimum Gasteiger partial charge on any atom is -0.507 e. The molecule has 1 aromatic heterocycles. The molecule has 0 saturated carbocycles. The molecule has 12 heteroatoms. The second kappa shape index (κ2) is 8.01. The van der Waals surface area contributed by atoms with Crippen LogP contribution in [0.15, 0.2) is 33.5 Å². The third-order valence-corrected chi connectivity index (χ3v) is 5.34. The number of aromatic hydroxyl groups is 5. The molecule has 0 radical (unpaired) electrons. The topological polar surface area (TPSA) is 211 Å². The molecule has 176 valence electrons. The smallest absolute Gasteiger partial charge is 0.238 e. The van der Waals surface area contributed by atoms with Gasteiger partial charge in [-0.2, -0.15) is 0 Å². The quantitative estimate of drug-likeness (QED) is 0.244. The molecule has 1 fully saturated rings. The van der Waals surface area contributed by atoms with E-state index in [-0.39, 0.29) is 5.56 Å². The Balaban J connectivity index is 1.91. The number of ether oxygens (including phenoxy) is 2. The second-order valence-corrected chi connectivity index (χ2v) is 7.56. The van der Waals surface area contributed by atoms with Crippen LogP contribution in [0.5, 0.6) is 34.5 Å². The third-order valence-electron chi connectivity index (χ3n) is 5.34. The predicted octanol–water partition coefficient (Wildman–Crippen LogP) is 0.194. The fourth-order valence-corrected chi connectivity index (χ4v) is 3.50. The molecule has 0 aliphatic carbocycles. The highest BCUT2D eigenvalue weighted by Gasteiger charge is 2.44. The van der Waals surface area contributed by atoms with Gasteiger partial charge in [-0.15, -0.1) is 0 Å². The van der Waals surface area contributed by atoms with Gasteiger partial charge in [-0.05, 0) is 25.1 Å². The molecule has 4 rings (SSSR count). The van der Waals surface area contributed by atoms with E-state index in [0.29, 0.717) is 0 Å². The molecule has 0 spiro atoms. The molecule has 0 amide bonds.